The Morgan fingerprint density at radius 2 is 2.22 bits per heavy atom. The van der Waals surface area contributed by atoms with Gasteiger partial charge in [-0.3, -0.25) is 0 Å². The van der Waals surface area contributed by atoms with Gasteiger partial charge in [0.15, 0.2) is 0 Å². The molecular formula is C8H16S. The van der Waals surface area contributed by atoms with Crippen LogP contribution in [0.25, 0.3) is 0 Å². The monoisotopic (exact) mass is 144 g/mol. The highest BCUT2D eigenvalue weighted by Gasteiger charge is 2.21. The van der Waals surface area contributed by atoms with Crippen LogP contribution in [-0.2, 0) is 0 Å². The molecule has 0 aliphatic heterocycles. The summed E-state index contributed by atoms with van der Waals surface area (Å²) in [7, 11) is 0. The van der Waals surface area contributed by atoms with Crippen molar-refractivity contribution in [3.63, 3.8) is 0 Å². The van der Waals surface area contributed by atoms with Crippen LogP contribution in [0.1, 0.15) is 32.6 Å². The minimum atomic E-state index is 0.995. The van der Waals surface area contributed by atoms with Gasteiger partial charge in [-0.1, -0.05) is 13.3 Å². The molecular weight excluding hydrogens is 128 g/mol. The largest absolute Gasteiger partial charge is 0.162 e. The van der Waals surface area contributed by atoms with Crippen LogP contribution in [0, 0.1) is 5.92 Å². The summed E-state index contributed by atoms with van der Waals surface area (Å²) in [6.45, 7) is 2.31. The van der Waals surface area contributed by atoms with Crippen molar-refractivity contribution in [3.05, 3.63) is 0 Å². The zero-order valence-corrected chi connectivity index (χ0v) is 7.21. The Hall–Kier alpha value is 0.350. The molecule has 2 atom stereocenters. The van der Waals surface area contributed by atoms with E-state index in [0.29, 0.717) is 0 Å². The minimum absolute atomic E-state index is 0.995. The Balaban J connectivity index is 2.20. The van der Waals surface area contributed by atoms with Crippen molar-refractivity contribution < 1.29 is 0 Å². The van der Waals surface area contributed by atoms with E-state index in [-0.39, 0.29) is 0 Å². The van der Waals surface area contributed by atoms with Gasteiger partial charge in [-0.2, -0.15) is 11.8 Å². The van der Waals surface area contributed by atoms with Gasteiger partial charge in [-0.05, 0) is 31.4 Å². The molecule has 1 aliphatic carbocycles. The van der Waals surface area contributed by atoms with Crippen molar-refractivity contribution in [3.8, 4) is 0 Å². The molecule has 9 heavy (non-hydrogen) atoms. The van der Waals surface area contributed by atoms with Gasteiger partial charge in [-0.25, -0.2) is 0 Å². The molecule has 0 heterocycles. The van der Waals surface area contributed by atoms with Gasteiger partial charge in [0.2, 0.25) is 0 Å². The zero-order chi connectivity index (χ0) is 6.69. The fourth-order valence-electron chi connectivity index (χ4n) is 1.61. The smallest absolute Gasteiger partial charge is 0.00470 e. The highest BCUT2D eigenvalue weighted by Crippen LogP contribution is 2.34. The Morgan fingerprint density at radius 1 is 1.44 bits per heavy atom. The second-order valence-corrected chi connectivity index (χ2v) is 4.08. The second kappa shape index (κ2) is 3.50. The third kappa shape index (κ3) is 1.89. The highest BCUT2D eigenvalue weighted by molar-refractivity contribution is 7.99. The summed E-state index contributed by atoms with van der Waals surface area (Å²) >= 11 is 2.05. The average Bonchev–Trinajstić information content (AvgIpc) is 2.34. The number of rotatable bonds is 2. The van der Waals surface area contributed by atoms with E-state index in [2.05, 4.69) is 24.9 Å². The molecule has 0 saturated heterocycles. The van der Waals surface area contributed by atoms with Crippen LogP contribution in [0.2, 0.25) is 0 Å². The van der Waals surface area contributed by atoms with Gasteiger partial charge < -0.3 is 0 Å². The van der Waals surface area contributed by atoms with Crippen LogP contribution in [0.15, 0.2) is 0 Å². The maximum atomic E-state index is 2.31. The Morgan fingerprint density at radius 3 is 2.56 bits per heavy atom. The van der Waals surface area contributed by atoms with Crippen LogP contribution in [0.3, 0.4) is 0 Å². The van der Waals surface area contributed by atoms with E-state index in [1.165, 1.54) is 25.7 Å². The molecule has 0 N–H and O–H groups in total. The van der Waals surface area contributed by atoms with E-state index in [4.69, 9.17) is 0 Å². The third-order valence-electron chi connectivity index (χ3n) is 2.40. The molecule has 0 spiro atoms. The summed E-state index contributed by atoms with van der Waals surface area (Å²) in [5, 5.41) is 0.995. The fourth-order valence-corrected chi connectivity index (χ4v) is 2.45. The lowest BCUT2D eigenvalue weighted by Crippen LogP contribution is -1.94. The first kappa shape index (κ1) is 7.46. The summed E-state index contributed by atoms with van der Waals surface area (Å²) in [6, 6.07) is 0. The lowest BCUT2D eigenvalue weighted by atomic mass is 10.1. The Bertz CT molecular complexity index is 70.6. The summed E-state index contributed by atoms with van der Waals surface area (Å²) in [6.07, 6.45) is 8.08. The molecule has 1 aliphatic rings. The Labute approximate surface area is 62.4 Å². The van der Waals surface area contributed by atoms with Crippen LogP contribution >= 0.6 is 11.8 Å². The molecule has 54 valence electrons. The average molecular weight is 144 g/mol. The zero-order valence-electron chi connectivity index (χ0n) is 6.39. The summed E-state index contributed by atoms with van der Waals surface area (Å²) < 4.78 is 0. The normalized spacial score (nSPS) is 35.3. The van der Waals surface area contributed by atoms with Crippen LogP contribution in [0.4, 0.5) is 0 Å². The Kier molecular flexibility index (Phi) is 2.90. The highest BCUT2D eigenvalue weighted by atomic mass is 32.2. The first-order valence-corrected chi connectivity index (χ1v) is 5.18. The molecule has 0 radical (unpaired) electrons. The lowest BCUT2D eigenvalue weighted by Gasteiger charge is -2.04. The van der Waals surface area contributed by atoms with Gasteiger partial charge in [0.05, 0.1) is 0 Å². The third-order valence-corrected chi connectivity index (χ3v) is 3.50. The van der Waals surface area contributed by atoms with E-state index in [1.807, 2.05) is 0 Å². The SMILES string of the molecule is CCC1CCC(SC)C1. The van der Waals surface area contributed by atoms with Gasteiger partial charge in [0.1, 0.15) is 0 Å². The first-order chi connectivity index (χ1) is 4.36. The van der Waals surface area contributed by atoms with Crippen molar-refractivity contribution in [2.45, 2.75) is 37.9 Å². The maximum Gasteiger partial charge on any atom is 0.00470 e. The lowest BCUT2D eigenvalue weighted by molar-refractivity contribution is 0.532. The van der Waals surface area contributed by atoms with Crippen LogP contribution < -0.4 is 0 Å². The second-order valence-electron chi connectivity index (χ2n) is 2.95. The number of hydrogen-bond donors (Lipinski definition) is 0. The van der Waals surface area contributed by atoms with Gasteiger partial charge in [-0.15, -0.1) is 0 Å². The molecule has 0 bridgehead atoms. The maximum absolute atomic E-state index is 2.31. The predicted molar refractivity (Wildman–Crippen MR) is 44.9 cm³/mol. The van der Waals surface area contributed by atoms with E-state index in [9.17, 15) is 0 Å². The van der Waals surface area contributed by atoms with Crippen molar-refractivity contribution in [2.75, 3.05) is 6.26 Å². The van der Waals surface area contributed by atoms with Crippen molar-refractivity contribution >= 4 is 11.8 Å². The van der Waals surface area contributed by atoms with Crippen molar-refractivity contribution in [1.29, 1.82) is 0 Å². The molecule has 2 unspecified atom stereocenters. The van der Waals surface area contributed by atoms with E-state index in [1.54, 1.807) is 0 Å². The molecule has 1 rings (SSSR count). The number of hydrogen-bond acceptors (Lipinski definition) is 1. The van der Waals surface area contributed by atoms with E-state index < -0.39 is 0 Å². The minimum Gasteiger partial charge on any atom is -0.162 e. The summed E-state index contributed by atoms with van der Waals surface area (Å²) in [5.74, 6) is 1.06. The van der Waals surface area contributed by atoms with Crippen LogP contribution in [-0.4, -0.2) is 11.5 Å². The summed E-state index contributed by atoms with van der Waals surface area (Å²) in [5.41, 5.74) is 0. The standard InChI is InChI=1S/C8H16S/c1-3-7-4-5-8(6-7)9-2/h7-8H,3-6H2,1-2H3. The van der Waals surface area contributed by atoms with E-state index in [0.717, 1.165) is 11.2 Å². The number of thioether (sulfide) groups is 1. The molecule has 1 fully saturated rings. The van der Waals surface area contributed by atoms with E-state index >= 15 is 0 Å². The molecule has 0 aromatic rings. The molecule has 0 nitrogen and oxygen atoms in total. The van der Waals surface area contributed by atoms with Crippen molar-refractivity contribution in [1.82, 2.24) is 0 Å². The first-order valence-electron chi connectivity index (χ1n) is 3.89. The molecule has 0 amide bonds. The molecule has 1 heteroatoms. The molecule has 0 aromatic heterocycles. The van der Waals surface area contributed by atoms with Crippen molar-refractivity contribution in [2.24, 2.45) is 5.92 Å². The fraction of sp³-hybridized carbons (Fsp3) is 1.00. The van der Waals surface area contributed by atoms with Gasteiger partial charge in [0.25, 0.3) is 0 Å². The quantitative estimate of drug-likeness (QED) is 0.574. The predicted octanol–water partition coefficient (Wildman–Crippen LogP) is 2.93. The summed E-state index contributed by atoms with van der Waals surface area (Å²) in [4.78, 5) is 0. The molecule has 0 aromatic carbocycles. The van der Waals surface area contributed by atoms with Gasteiger partial charge >= 0.3 is 0 Å². The van der Waals surface area contributed by atoms with Gasteiger partial charge in [0, 0.05) is 5.25 Å². The topological polar surface area (TPSA) is 0 Å². The molecule has 1 saturated carbocycles. The van der Waals surface area contributed by atoms with Crippen LogP contribution in [0.5, 0.6) is 0 Å².